The Morgan fingerprint density at radius 3 is 2.86 bits per heavy atom. The first-order chi connectivity index (χ1) is 10.2. The molecule has 3 N–H and O–H groups in total. The number of carbonyl (C=O) groups is 1. The van der Waals surface area contributed by atoms with Gasteiger partial charge in [0.05, 0.1) is 25.1 Å². The number of benzene rings is 1. The van der Waals surface area contributed by atoms with Gasteiger partial charge in [0.1, 0.15) is 0 Å². The average Bonchev–Trinajstić information content (AvgIpc) is 2.54. The van der Waals surface area contributed by atoms with Crippen LogP contribution in [-0.4, -0.2) is 25.7 Å². The quantitative estimate of drug-likeness (QED) is 0.830. The highest BCUT2D eigenvalue weighted by Gasteiger charge is 2.23. The topological polar surface area (TPSA) is 64.3 Å². The molecule has 112 valence electrons. The van der Waals surface area contributed by atoms with Crippen molar-refractivity contribution in [1.82, 2.24) is 5.32 Å². The van der Waals surface area contributed by atoms with Gasteiger partial charge in [-0.05, 0) is 37.5 Å². The fourth-order valence-electron chi connectivity index (χ4n) is 2.37. The molecule has 2 rings (SSSR count). The molecule has 1 aromatic rings. The van der Waals surface area contributed by atoms with Gasteiger partial charge in [-0.2, -0.15) is 0 Å². The Morgan fingerprint density at radius 1 is 1.48 bits per heavy atom. The van der Waals surface area contributed by atoms with E-state index in [0.29, 0.717) is 13.2 Å². The average molecular weight is 286 g/mol. The van der Waals surface area contributed by atoms with Gasteiger partial charge >= 0.3 is 0 Å². The molecule has 0 bridgehead atoms. The largest absolute Gasteiger partial charge is 0.381 e. The monoisotopic (exact) mass is 286 g/mol. The normalized spacial score (nSPS) is 19.2. The third-order valence-corrected chi connectivity index (χ3v) is 3.64. The fraction of sp³-hybridized carbons (Fsp3) is 0.471. The second kappa shape index (κ2) is 7.82. The molecule has 0 radical (unpaired) electrons. The molecule has 1 amide bonds. The summed E-state index contributed by atoms with van der Waals surface area (Å²) in [5.74, 6) is 5.87. The predicted molar refractivity (Wildman–Crippen MR) is 82.5 cm³/mol. The molecule has 1 heterocycles. The van der Waals surface area contributed by atoms with Crippen molar-refractivity contribution >= 4 is 5.91 Å². The highest BCUT2D eigenvalue weighted by atomic mass is 16.5. The lowest BCUT2D eigenvalue weighted by Gasteiger charge is -2.23. The van der Waals surface area contributed by atoms with Crippen molar-refractivity contribution in [3.63, 3.8) is 0 Å². The standard InChI is InChI=1S/C17H22N2O2/c1-13(19-17(20)16-5-3-11-21-12-16)15-8-6-14(7-9-15)4-2-10-18/h6-9,13,16H,3,5,10-12,18H2,1H3,(H,19,20). The van der Waals surface area contributed by atoms with Gasteiger partial charge in [-0.15, -0.1) is 0 Å². The summed E-state index contributed by atoms with van der Waals surface area (Å²) >= 11 is 0. The first-order valence-electron chi connectivity index (χ1n) is 7.37. The van der Waals surface area contributed by atoms with Crippen LogP contribution in [0.3, 0.4) is 0 Å². The van der Waals surface area contributed by atoms with Crippen LogP contribution in [0.1, 0.15) is 36.9 Å². The first-order valence-corrected chi connectivity index (χ1v) is 7.37. The summed E-state index contributed by atoms with van der Waals surface area (Å²) in [5, 5.41) is 3.05. The zero-order valence-electron chi connectivity index (χ0n) is 12.4. The molecule has 4 heteroatoms. The van der Waals surface area contributed by atoms with Gasteiger partial charge < -0.3 is 15.8 Å². The summed E-state index contributed by atoms with van der Waals surface area (Å²) in [4.78, 5) is 12.2. The van der Waals surface area contributed by atoms with Crippen LogP contribution in [0.15, 0.2) is 24.3 Å². The van der Waals surface area contributed by atoms with E-state index in [1.54, 1.807) is 0 Å². The minimum absolute atomic E-state index is 0.0176. The fourth-order valence-corrected chi connectivity index (χ4v) is 2.37. The van der Waals surface area contributed by atoms with Crippen LogP contribution in [0.2, 0.25) is 0 Å². The molecule has 0 aliphatic carbocycles. The second-order valence-electron chi connectivity index (χ2n) is 5.27. The van der Waals surface area contributed by atoms with E-state index in [-0.39, 0.29) is 17.9 Å². The highest BCUT2D eigenvalue weighted by Crippen LogP contribution is 2.17. The van der Waals surface area contributed by atoms with E-state index in [9.17, 15) is 4.79 Å². The third-order valence-electron chi connectivity index (χ3n) is 3.64. The van der Waals surface area contributed by atoms with Crippen LogP contribution < -0.4 is 11.1 Å². The number of nitrogens with two attached hydrogens (primary N) is 1. The molecule has 4 nitrogen and oxygen atoms in total. The SMILES string of the molecule is CC(NC(=O)C1CCCOC1)c1ccc(C#CCN)cc1. The third kappa shape index (κ3) is 4.59. The molecular weight excluding hydrogens is 264 g/mol. The zero-order chi connectivity index (χ0) is 15.1. The van der Waals surface area contributed by atoms with Crippen molar-refractivity contribution in [1.29, 1.82) is 0 Å². The molecule has 2 atom stereocenters. The van der Waals surface area contributed by atoms with Gasteiger partial charge in [0.15, 0.2) is 0 Å². The Kier molecular flexibility index (Phi) is 5.79. The first kappa shape index (κ1) is 15.6. The second-order valence-corrected chi connectivity index (χ2v) is 5.27. The number of nitrogens with one attached hydrogen (secondary N) is 1. The smallest absolute Gasteiger partial charge is 0.225 e. The molecule has 0 saturated carbocycles. The van der Waals surface area contributed by atoms with Crippen LogP contribution >= 0.6 is 0 Å². The van der Waals surface area contributed by atoms with E-state index in [0.717, 1.165) is 30.6 Å². The summed E-state index contributed by atoms with van der Waals surface area (Å²) in [6.07, 6.45) is 1.87. The molecule has 0 aromatic heterocycles. The molecule has 21 heavy (non-hydrogen) atoms. The van der Waals surface area contributed by atoms with E-state index < -0.39 is 0 Å². The van der Waals surface area contributed by atoms with E-state index in [1.807, 2.05) is 31.2 Å². The molecule has 1 aromatic carbocycles. The Labute approximate surface area is 126 Å². The van der Waals surface area contributed by atoms with Crippen LogP contribution in [-0.2, 0) is 9.53 Å². The van der Waals surface area contributed by atoms with Gasteiger partial charge in [0.25, 0.3) is 0 Å². The van der Waals surface area contributed by atoms with Gasteiger partial charge in [-0.1, -0.05) is 24.0 Å². The maximum atomic E-state index is 12.2. The van der Waals surface area contributed by atoms with Crippen LogP contribution in [0.25, 0.3) is 0 Å². The van der Waals surface area contributed by atoms with Crippen molar-refractivity contribution in [3.8, 4) is 11.8 Å². The predicted octanol–water partition coefficient (Wildman–Crippen LogP) is 1.60. The van der Waals surface area contributed by atoms with Crippen molar-refractivity contribution in [2.45, 2.75) is 25.8 Å². The van der Waals surface area contributed by atoms with Crippen molar-refractivity contribution in [2.24, 2.45) is 11.7 Å². The molecule has 0 spiro atoms. The lowest BCUT2D eigenvalue weighted by molar-refractivity contribution is -0.129. The van der Waals surface area contributed by atoms with E-state index in [2.05, 4.69) is 17.2 Å². The van der Waals surface area contributed by atoms with Gasteiger partial charge in [-0.3, -0.25) is 4.79 Å². The number of hydrogen-bond donors (Lipinski definition) is 2. The number of hydrogen-bond acceptors (Lipinski definition) is 3. The maximum absolute atomic E-state index is 12.2. The number of ether oxygens (including phenoxy) is 1. The van der Waals surface area contributed by atoms with Crippen LogP contribution in [0.5, 0.6) is 0 Å². The minimum Gasteiger partial charge on any atom is -0.381 e. The van der Waals surface area contributed by atoms with Crippen LogP contribution in [0, 0.1) is 17.8 Å². The minimum atomic E-state index is -0.0177. The molecule has 1 fully saturated rings. The number of carbonyl (C=O) groups excluding carboxylic acids is 1. The van der Waals surface area contributed by atoms with Gasteiger partial charge in [0.2, 0.25) is 5.91 Å². The summed E-state index contributed by atoms with van der Waals surface area (Å²) in [6, 6.07) is 7.86. The van der Waals surface area contributed by atoms with Crippen molar-refractivity contribution in [3.05, 3.63) is 35.4 Å². The highest BCUT2D eigenvalue weighted by molar-refractivity contribution is 5.79. The van der Waals surface area contributed by atoms with Crippen LogP contribution in [0.4, 0.5) is 0 Å². The summed E-state index contributed by atoms with van der Waals surface area (Å²) in [7, 11) is 0. The molecular formula is C17H22N2O2. The summed E-state index contributed by atoms with van der Waals surface area (Å²) in [5.41, 5.74) is 7.35. The van der Waals surface area contributed by atoms with Crippen molar-refractivity contribution in [2.75, 3.05) is 19.8 Å². The Morgan fingerprint density at radius 2 is 2.24 bits per heavy atom. The Bertz CT molecular complexity index is 522. The van der Waals surface area contributed by atoms with E-state index in [1.165, 1.54) is 0 Å². The maximum Gasteiger partial charge on any atom is 0.225 e. The summed E-state index contributed by atoms with van der Waals surface area (Å²) in [6.45, 7) is 3.65. The van der Waals surface area contributed by atoms with E-state index >= 15 is 0 Å². The molecule has 2 unspecified atom stereocenters. The van der Waals surface area contributed by atoms with E-state index in [4.69, 9.17) is 10.5 Å². The summed E-state index contributed by atoms with van der Waals surface area (Å²) < 4.78 is 5.36. The molecule has 1 aliphatic rings. The lowest BCUT2D eigenvalue weighted by atomic mass is 10.00. The molecule has 1 aliphatic heterocycles. The zero-order valence-corrected chi connectivity index (χ0v) is 12.4. The Balaban J connectivity index is 1.93. The number of amides is 1. The van der Waals surface area contributed by atoms with Gasteiger partial charge in [-0.25, -0.2) is 0 Å². The van der Waals surface area contributed by atoms with Gasteiger partial charge in [0, 0.05) is 12.2 Å². The van der Waals surface area contributed by atoms with Crippen molar-refractivity contribution < 1.29 is 9.53 Å². The number of rotatable bonds is 3. The Hall–Kier alpha value is -1.83. The lowest BCUT2D eigenvalue weighted by Crippen LogP contribution is -2.36. The molecule has 1 saturated heterocycles.